The van der Waals surface area contributed by atoms with Gasteiger partial charge < -0.3 is 20.2 Å². The summed E-state index contributed by atoms with van der Waals surface area (Å²) in [5, 5.41) is 14.2. The van der Waals surface area contributed by atoms with Crippen molar-refractivity contribution in [3.8, 4) is 0 Å². The number of hydrogen-bond donors (Lipinski definition) is 3. The van der Waals surface area contributed by atoms with Crippen molar-refractivity contribution in [3.05, 3.63) is 83.8 Å². The van der Waals surface area contributed by atoms with Crippen LogP contribution in [0.4, 0.5) is 11.4 Å². The highest BCUT2D eigenvalue weighted by atomic mass is 16.4. The Bertz CT molecular complexity index is 946. The SMILES string of the molecule is O=C(O)c1ccc(NC(=O)c2ccccc2NC(=O)c2ccco2)cc1. The number of nitrogens with one attached hydrogen (secondary N) is 2. The number of carbonyl (C=O) groups is 3. The fourth-order valence-electron chi connectivity index (χ4n) is 2.28. The molecular weight excluding hydrogens is 336 g/mol. The molecule has 2 aromatic carbocycles. The molecule has 0 atom stereocenters. The van der Waals surface area contributed by atoms with Crippen LogP contribution in [0.3, 0.4) is 0 Å². The maximum Gasteiger partial charge on any atom is 0.335 e. The van der Waals surface area contributed by atoms with Gasteiger partial charge >= 0.3 is 5.97 Å². The van der Waals surface area contributed by atoms with E-state index in [0.717, 1.165) is 0 Å². The average molecular weight is 350 g/mol. The molecule has 0 saturated carbocycles. The molecule has 1 heterocycles. The Morgan fingerprint density at radius 2 is 1.54 bits per heavy atom. The molecule has 7 heteroatoms. The lowest BCUT2D eigenvalue weighted by molar-refractivity contribution is 0.0696. The second kappa shape index (κ2) is 7.35. The Labute approximate surface area is 148 Å². The third-order valence-electron chi connectivity index (χ3n) is 3.55. The number of benzene rings is 2. The van der Waals surface area contributed by atoms with Crippen molar-refractivity contribution in [2.24, 2.45) is 0 Å². The highest BCUT2D eigenvalue weighted by Crippen LogP contribution is 2.19. The van der Waals surface area contributed by atoms with E-state index in [1.165, 1.54) is 36.6 Å². The van der Waals surface area contributed by atoms with Crippen LogP contribution >= 0.6 is 0 Å². The maximum absolute atomic E-state index is 12.5. The molecule has 0 aliphatic heterocycles. The first kappa shape index (κ1) is 17.0. The minimum absolute atomic E-state index is 0.120. The summed E-state index contributed by atoms with van der Waals surface area (Å²) < 4.78 is 5.03. The number of furan rings is 1. The van der Waals surface area contributed by atoms with Gasteiger partial charge in [0.1, 0.15) is 0 Å². The van der Waals surface area contributed by atoms with Gasteiger partial charge in [0.2, 0.25) is 0 Å². The molecule has 0 saturated heterocycles. The van der Waals surface area contributed by atoms with Crippen molar-refractivity contribution in [1.29, 1.82) is 0 Å². The van der Waals surface area contributed by atoms with Crippen LogP contribution in [0.5, 0.6) is 0 Å². The maximum atomic E-state index is 12.5. The van der Waals surface area contributed by atoms with Crippen molar-refractivity contribution in [3.63, 3.8) is 0 Å². The lowest BCUT2D eigenvalue weighted by Gasteiger charge is -2.11. The van der Waals surface area contributed by atoms with Crippen molar-refractivity contribution >= 4 is 29.2 Å². The quantitative estimate of drug-likeness (QED) is 0.653. The molecule has 0 fully saturated rings. The molecule has 130 valence electrons. The normalized spacial score (nSPS) is 10.2. The molecule has 0 unspecified atom stereocenters. The van der Waals surface area contributed by atoms with Crippen LogP contribution in [0.15, 0.2) is 71.3 Å². The van der Waals surface area contributed by atoms with Crippen LogP contribution in [0, 0.1) is 0 Å². The van der Waals surface area contributed by atoms with Crippen LogP contribution < -0.4 is 10.6 Å². The molecule has 26 heavy (non-hydrogen) atoms. The predicted octanol–water partition coefficient (Wildman–Crippen LogP) is 3.48. The van der Waals surface area contributed by atoms with Gasteiger partial charge in [-0.25, -0.2) is 4.79 Å². The first-order chi connectivity index (χ1) is 12.5. The minimum Gasteiger partial charge on any atom is -0.478 e. The fourth-order valence-corrected chi connectivity index (χ4v) is 2.28. The molecule has 0 aliphatic carbocycles. The Hall–Kier alpha value is -3.87. The highest BCUT2D eigenvalue weighted by Gasteiger charge is 2.15. The van der Waals surface area contributed by atoms with Gasteiger partial charge in [0.15, 0.2) is 5.76 Å². The van der Waals surface area contributed by atoms with Crippen molar-refractivity contribution in [1.82, 2.24) is 0 Å². The number of anilines is 2. The molecule has 3 N–H and O–H groups in total. The zero-order chi connectivity index (χ0) is 18.5. The van der Waals surface area contributed by atoms with Gasteiger partial charge in [-0.05, 0) is 48.5 Å². The van der Waals surface area contributed by atoms with Crippen molar-refractivity contribution in [2.45, 2.75) is 0 Å². The first-order valence-electron chi connectivity index (χ1n) is 7.63. The molecule has 2 amide bonds. The largest absolute Gasteiger partial charge is 0.478 e. The number of hydrogen-bond acceptors (Lipinski definition) is 4. The predicted molar refractivity (Wildman–Crippen MR) is 94.5 cm³/mol. The summed E-state index contributed by atoms with van der Waals surface area (Å²) in [7, 11) is 0. The third-order valence-corrected chi connectivity index (χ3v) is 3.55. The summed E-state index contributed by atoms with van der Waals surface area (Å²) in [5.41, 5.74) is 1.14. The van der Waals surface area contributed by atoms with Gasteiger partial charge in [-0.3, -0.25) is 9.59 Å². The lowest BCUT2D eigenvalue weighted by atomic mass is 10.1. The van der Waals surface area contributed by atoms with Crippen LogP contribution in [-0.4, -0.2) is 22.9 Å². The number of carboxylic acids is 1. The third kappa shape index (κ3) is 3.78. The van der Waals surface area contributed by atoms with Gasteiger partial charge in [0.05, 0.1) is 23.1 Å². The Kier molecular flexibility index (Phi) is 4.80. The Balaban J connectivity index is 1.77. The van der Waals surface area contributed by atoms with Crippen LogP contribution in [0.1, 0.15) is 31.3 Å². The Morgan fingerprint density at radius 1 is 0.808 bits per heavy atom. The second-order valence-electron chi connectivity index (χ2n) is 5.31. The summed E-state index contributed by atoms with van der Waals surface area (Å²) in [5.74, 6) is -1.83. The van der Waals surface area contributed by atoms with Gasteiger partial charge in [-0.2, -0.15) is 0 Å². The monoisotopic (exact) mass is 350 g/mol. The average Bonchev–Trinajstić information content (AvgIpc) is 3.17. The van der Waals surface area contributed by atoms with E-state index in [9.17, 15) is 14.4 Å². The fraction of sp³-hybridized carbons (Fsp3) is 0. The van der Waals surface area contributed by atoms with Crippen molar-refractivity contribution in [2.75, 3.05) is 10.6 Å². The topological polar surface area (TPSA) is 109 Å². The van der Waals surface area contributed by atoms with Crippen LogP contribution in [0.25, 0.3) is 0 Å². The summed E-state index contributed by atoms with van der Waals surface area (Å²) in [6.45, 7) is 0. The molecule has 0 bridgehead atoms. The lowest BCUT2D eigenvalue weighted by Crippen LogP contribution is -2.18. The van der Waals surface area contributed by atoms with E-state index in [1.54, 1.807) is 30.3 Å². The van der Waals surface area contributed by atoms with E-state index in [4.69, 9.17) is 9.52 Å². The van der Waals surface area contributed by atoms with E-state index >= 15 is 0 Å². The smallest absolute Gasteiger partial charge is 0.335 e. The minimum atomic E-state index is -1.05. The highest BCUT2D eigenvalue weighted by molar-refractivity contribution is 6.12. The number of rotatable bonds is 5. The molecule has 3 rings (SSSR count). The number of carboxylic acid groups (broad SMARTS) is 1. The van der Waals surface area contributed by atoms with E-state index in [1.807, 2.05) is 0 Å². The summed E-state index contributed by atoms with van der Waals surface area (Å²) in [4.78, 5) is 35.5. The number of carbonyl (C=O) groups excluding carboxylic acids is 2. The van der Waals surface area contributed by atoms with E-state index in [0.29, 0.717) is 11.4 Å². The zero-order valence-corrected chi connectivity index (χ0v) is 13.4. The summed E-state index contributed by atoms with van der Waals surface area (Å²) in [6, 6.07) is 15.4. The van der Waals surface area contributed by atoms with Gasteiger partial charge in [-0.15, -0.1) is 0 Å². The Morgan fingerprint density at radius 3 is 2.19 bits per heavy atom. The van der Waals surface area contributed by atoms with E-state index < -0.39 is 17.8 Å². The number of amides is 2. The van der Waals surface area contributed by atoms with E-state index in [2.05, 4.69) is 10.6 Å². The summed E-state index contributed by atoms with van der Waals surface area (Å²) in [6.07, 6.45) is 1.38. The standard InChI is InChI=1S/C19H14N2O5/c22-17(20-13-9-7-12(8-10-13)19(24)25)14-4-1-2-5-15(14)21-18(23)16-6-3-11-26-16/h1-11H,(H,20,22)(H,21,23)(H,24,25). The molecule has 1 aromatic heterocycles. The molecule has 3 aromatic rings. The number of para-hydroxylation sites is 1. The van der Waals surface area contributed by atoms with E-state index in [-0.39, 0.29) is 16.9 Å². The van der Waals surface area contributed by atoms with Gasteiger partial charge in [0.25, 0.3) is 11.8 Å². The molecule has 0 radical (unpaired) electrons. The zero-order valence-electron chi connectivity index (χ0n) is 13.4. The molecule has 0 spiro atoms. The van der Waals surface area contributed by atoms with Crippen molar-refractivity contribution < 1.29 is 23.9 Å². The van der Waals surface area contributed by atoms with Gasteiger partial charge in [0, 0.05) is 5.69 Å². The molecule has 0 aliphatic rings. The van der Waals surface area contributed by atoms with Crippen LogP contribution in [0.2, 0.25) is 0 Å². The molecular formula is C19H14N2O5. The van der Waals surface area contributed by atoms with Gasteiger partial charge in [-0.1, -0.05) is 12.1 Å². The summed E-state index contributed by atoms with van der Waals surface area (Å²) >= 11 is 0. The molecule has 7 nitrogen and oxygen atoms in total. The number of aromatic carboxylic acids is 1. The second-order valence-corrected chi connectivity index (χ2v) is 5.31. The van der Waals surface area contributed by atoms with Crippen LogP contribution in [-0.2, 0) is 0 Å². The first-order valence-corrected chi connectivity index (χ1v) is 7.63.